The Bertz CT molecular complexity index is 724. The number of unbranched alkanes of at least 4 members (excludes halogenated alkanes) is 5. The summed E-state index contributed by atoms with van der Waals surface area (Å²) in [6.07, 6.45) is 9.08. The van der Waals surface area contributed by atoms with E-state index in [1.807, 2.05) is 48.5 Å². The number of ether oxygens (including phenoxy) is 2. The Hall–Kier alpha value is -2.62. The highest BCUT2D eigenvalue weighted by Crippen LogP contribution is 2.17. The van der Waals surface area contributed by atoms with E-state index in [0.29, 0.717) is 50.0 Å². The van der Waals surface area contributed by atoms with Gasteiger partial charge < -0.3 is 9.47 Å². The quantitative estimate of drug-likeness (QED) is 0.190. The van der Waals surface area contributed by atoms with Crippen LogP contribution in [0.15, 0.2) is 48.5 Å². The van der Waals surface area contributed by atoms with Crippen molar-refractivity contribution in [3.8, 4) is 11.5 Å². The van der Waals surface area contributed by atoms with E-state index in [2.05, 4.69) is 13.8 Å². The normalized spacial score (nSPS) is 10.7. The topological polar surface area (TPSA) is 52.6 Å². The van der Waals surface area contributed by atoms with Gasteiger partial charge in [0.25, 0.3) is 0 Å². The van der Waals surface area contributed by atoms with Crippen molar-refractivity contribution in [3.63, 3.8) is 0 Å². The SMILES string of the molecule is CCCCCOc1ccc(C(=O)CCCCC(=O)c2ccc(OCCCCC)cc2)cc1. The first kappa shape index (κ1) is 25.6. The van der Waals surface area contributed by atoms with Crippen molar-refractivity contribution in [1.82, 2.24) is 0 Å². The molecule has 0 unspecified atom stereocenters. The molecular weight excluding hydrogens is 400 g/mol. The van der Waals surface area contributed by atoms with Crippen molar-refractivity contribution in [2.75, 3.05) is 13.2 Å². The molecule has 2 rings (SSSR count). The van der Waals surface area contributed by atoms with Crippen LogP contribution in [0, 0.1) is 0 Å². The maximum atomic E-state index is 12.4. The fourth-order valence-electron chi connectivity index (χ4n) is 3.42. The molecule has 2 aromatic rings. The Kier molecular flexibility index (Phi) is 12.2. The number of ketones is 2. The first-order valence-corrected chi connectivity index (χ1v) is 12.2. The summed E-state index contributed by atoms with van der Waals surface area (Å²) in [4.78, 5) is 24.8. The summed E-state index contributed by atoms with van der Waals surface area (Å²) >= 11 is 0. The Morgan fingerprint density at radius 3 is 1.28 bits per heavy atom. The maximum absolute atomic E-state index is 12.4. The van der Waals surface area contributed by atoms with Crippen molar-refractivity contribution >= 4 is 11.6 Å². The van der Waals surface area contributed by atoms with Gasteiger partial charge in [0, 0.05) is 24.0 Å². The standard InChI is InChI=1S/C28H38O4/c1-3-5-9-21-31-25-17-13-23(14-18-25)27(29)11-7-8-12-28(30)24-15-19-26(20-16-24)32-22-10-6-4-2/h13-20H,3-12,21-22H2,1-2H3. The van der Waals surface area contributed by atoms with Crippen LogP contribution in [-0.2, 0) is 0 Å². The molecule has 0 aromatic heterocycles. The van der Waals surface area contributed by atoms with Gasteiger partial charge in [-0.2, -0.15) is 0 Å². The minimum absolute atomic E-state index is 0.111. The van der Waals surface area contributed by atoms with Crippen molar-refractivity contribution in [3.05, 3.63) is 59.7 Å². The van der Waals surface area contributed by atoms with Crippen LogP contribution in [0.2, 0.25) is 0 Å². The summed E-state index contributed by atoms with van der Waals surface area (Å²) in [5, 5.41) is 0. The van der Waals surface area contributed by atoms with Gasteiger partial charge in [-0.3, -0.25) is 9.59 Å². The zero-order valence-electron chi connectivity index (χ0n) is 19.7. The van der Waals surface area contributed by atoms with Crippen molar-refractivity contribution in [2.24, 2.45) is 0 Å². The van der Waals surface area contributed by atoms with Crippen molar-refractivity contribution in [2.45, 2.75) is 78.1 Å². The highest BCUT2D eigenvalue weighted by atomic mass is 16.5. The van der Waals surface area contributed by atoms with Crippen LogP contribution in [0.1, 0.15) is 98.8 Å². The third-order valence-electron chi connectivity index (χ3n) is 5.44. The summed E-state index contributed by atoms with van der Waals surface area (Å²) in [7, 11) is 0. The molecule has 0 aliphatic heterocycles. The molecular formula is C28H38O4. The molecule has 174 valence electrons. The van der Waals surface area contributed by atoms with Gasteiger partial charge in [0.1, 0.15) is 11.5 Å². The fraction of sp³-hybridized carbons (Fsp3) is 0.500. The molecule has 0 radical (unpaired) electrons. The fourth-order valence-corrected chi connectivity index (χ4v) is 3.42. The average Bonchev–Trinajstić information content (AvgIpc) is 2.83. The van der Waals surface area contributed by atoms with E-state index in [0.717, 1.165) is 37.2 Å². The number of hydrogen-bond donors (Lipinski definition) is 0. The zero-order valence-corrected chi connectivity index (χ0v) is 19.7. The average molecular weight is 439 g/mol. The molecule has 0 fully saturated rings. The monoisotopic (exact) mass is 438 g/mol. The molecule has 2 aromatic carbocycles. The lowest BCUT2D eigenvalue weighted by Crippen LogP contribution is -2.03. The first-order chi connectivity index (χ1) is 15.6. The van der Waals surface area contributed by atoms with Gasteiger partial charge in [-0.1, -0.05) is 39.5 Å². The molecule has 0 amide bonds. The summed E-state index contributed by atoms with van der Waals surface area (Å²) in [6.45, 7) is 5.76. The van der Waals surface area contributed by atoms with E-state index in [1.54, 1.807) is 0 Å². The molecule has 0 atom stereocenters. The molecule has 0 saturated carbocycles. The molecule has 0 spiro atoms. The Morgan fingerprint density at radius 1 is 0.562 bits per heavy atom. The molecule has 4 heteroatoms. The van der Waals surface area contributed by atoms with Crippen molar-refractivity contribution < 1.29 is 19.1 Å². The second-order valence-electron chi connectivity index (χ2n) is 8.21. The van der Waals surface area contributed by atoms with E-state index in [9.17, 15) is 9.59 Å². The smallest absolute Gasteiger partial charge is 0.162 e. The molecule has 32 heavy (non-hydrogen) atoms. The Morgan fingerprint density at radius 2 is 0.938 bits per heavy atom. The first-order valence-electron chi connectivity index (χ1n) is 12.2. The Balaban J connectivity index is 1.65. The lowest BCUT2D eigenvalue weighted by molar-refractivity contribution is 0.0954. The van der Waals surface area contributed by atoms with E-state index in [1.165, 1.54) is 12.8 Å². The van der Waals surface area contributed by atoms with Gasteiger partial charge >= 0.3 is 0 Å². The largest absolute Gasteiger partial charge is 0.494 e. The third-order valence-corrected chi connectivity index (χ3v) is 5.44. The second-order valence-corrected chi connectivity index (χ2v) is 8.21. The second kappa shape index (κ2) is 15.2. The van der Waals surface area contributed by atoms with Crippen LogP contribution in [0.4, 0.5) is 0 Å². The highest BCUT2D eigenvalue weighted by Gasteiger charge is 2.09. The minimum Gasteiger partial charge on any atom is -0.494 e. The van der Waals surface area contributed by atoms with Crippen LogP contribution in [0.25, 0.3) is 0 Å². The Labute approximate surface area is 193 Å². The summed E-state index contributed by atoms with van der Waals surface area (Å²) < 4.78 is 11.4. The summed E-state index contributed by atoms with van der Waals surface area (Å²) in [6, 6.07) is 14.8. The number of Topliss-reactive ketones (excluding diaryl/α,β-unsaturated/α-hetero) is 2. The van der Waals surface area contributed by atoms with Crippen LogP contribution in [0.3, 0.4) is 0 Å². The van der Waals surface area contributed by atoms with Crippen molar-refractivity contribution in [1.29, 1.82) is 0 Å². The van der Waals surface area contributed by atoms with Gasteiger partial charge in [-0.15, -0.1) is 0 Å². The van der Waals surface area contributed by atoms with E-state index in [4.69, 9.17) is 9.47 Å². The summed E-state index contributed by atoms with van der Waals surface area (Å²) in [5.74, 6) is 1.83. The van der Waals surface area contributed by atoms with Crippen LogP contribution >= 0.6 is 0 Å². The highest BCUT2D eigenvalue weighted by molar-refractivity contribution is 5.97. The number of carbonyl (C=O) groups excluding carboxylic acids is 2. The predicted octanol–water partition coefficient (Wildman–Crippen LogP) is 7.45. The molecule has 0 N–H and O–H groups in total. The van der Waals surface area contributed by atoms with Crippen LogP contribution < -0.4 is 9.47 Å². The molecule has 4 nitrogen and oxygen atoms in total. The van der Waals surface area contributed by atoms with Gasteiger partial charge in [0.15, 0.2) is 11.6 Å². The summed E-state index contributed by atoms with van der Waals surface area (Å²) in [5.41, 5.74) is 1.40. The van der Waals surface area contributed by atoms with Gasteiger partial charge in [-0.25, -0.2) is 0 Å². The van der Waals surface area contributed by atoms with Gasteiger partial charge in [-0.05, 0) is 74.2 Å². The van der Waals surface area contributed by atoms with E-state index < -0.39 is 0 Å². The molecule has 0 saturated heterocycles. The molecule has 0 aliphatic rings. The number of rotatable bonds is 17. The molecule has 0 aliphatic carbocycles. The molecule has 0 bridgehead atoms. The minimum atomic E-state index is 0.111. The van der Waals surface area contributed by atoms with E-state index >= 15 is 0 Å². The lowest BCUT2D eigenvalue weighted by Gasteiger charge is -2.07. The maximum Gasteiger partial charge on any atom is 0.162 e. The third kappa shape index (κ3) is 9.67. The molecule has 0 heterocycles. The number of benzene rings is 2. The van der Waals surface area contributed by atoms with Crippen LogP contribution in [0.5, 0.6) is 11.5 Å². The number of carbonyl (C=O) groups is 2. The number of hydrogen-bond acceptors (Lipinski definition) is 4. The van der Waals surface area contributed by atoms with Gasteiger partial charge in [0.05, 0.1) is 13.2 Å². The lowest BCUT2D eigenvalue weighted by atomic mass is 10.0. The van der Waals surface area contributed by atoms with E-state index in [-0.39, 0.29) is 11.6 Å². The van der Waals surface area contributed by atoms with Gasteiger partial charge in [0.2, 0.25) is 0 Å². The van der Waals surface area contributed by atoms with Crippen LogP contribution in [-0.4, -0.2) is 24.8 Å². The zero-order chi connectivity index (χ0) is 23.0. The predicted molar refractivity (Wildman–Crippen MR) is 130 cm³/mol.